The molecule has 0 amide bonds. The molecule has 0 spiro atoms. The summed E-state index contributed by atoms with van der Waals surface area (Å²) in [6.07, 6.45) is -1.84. The molecule has 0 radical (unpaired) electrons. The maximum atomic E-state index is 8.35. The van der Waals surface area contributed by atoms with Crippen LogP contribution in [0.5, 0.6) is 0 Å². The molecule has 6 aromatic carbocycles. The van der Waals surface area contributed by atoms with Gasteiger partial charge in [0.2, 0.25) is 0 Å². The van der Waals surface area contributed by atoms with E-state index in [-0.39, 0.29) is 100 Å². The zero-order valence-electron chi connectivity index (χ0n) is 68.7. The predicted octanol–water partition coefficient (Wildman–Crippen LogP) is 29.7. The van der Waals surface area contributed by atoms with Gasteiger partial charge in [0.25, 0.3) is 0 Å². The summed E-state index contributed by atoms with van der Waals surface area (Å²) in [5.74, 6) is 1.36. The van der Waals surface area contributed by atoms with Gasteiger partial charge in [-0.15, -0.1) is 0 Å². The summed E-state index contributed by atoms with van der Waals surface area (Å²) in [7, 11) is -2.34. The van der Waals surface area contributed by atoms with Crippen LogP contribution in [0.15, 0.2) is 146 Å². The maximum absolute atomic E-state index is 8.35. The monoisotopic (exact) mass is 1340 g/mol. The second-order valence-electron chi connectivity index (χ2n) is 42.7. The largest absolute Gasteiger partial charge is 0.335 e. The normalized spacial score (nSPS) is 14.4. The summed E-state index contributed by atoms with van der Waals surface area (Å²) in [5, 5.41) is 0. The van der Waals surface area contributed by atoms with Gasteiger partial charge in [0, 0.05) is 0 Å². The van der Waals surface area contributed by atoms with Gasteiger partial charge in [-0.25, -0.2) is 0 Å². The fourth-order valence-corrected chi connectivity index (χ4v) is 21.9. The molecule has 0 heterocycles. The molecule has 6 aromatic rings. The molecule has 536 valence electrons. The van der Waals surface area contributed by atoms with Crippen molar-refractivity contribution in [3.05, 3.63) is 212 Å². The fourth-order valence-electron chi connectivity index (χ4n) is 20.5. The Morgan fingerprint density at radius 3 is 0.381 bits per heavy atom. The van der Waals surface area contributed by atoms with Gasteiger partial charge in [-0.2, -0.15) is 0 Å². The lowest BCUT2D eigenvalue weighted by Crippen LogP contribution is -2.30. The molecule has 0 saturated carbocycles. The second kappa shape index (κ2) is 29.2. The second-order valence-corrected chi connectivity index (χ2v) is 43.8. The van der Waals surface area contributed by atoms with E-state index in [1.165, 1.54) is 33.4 Å². The van der Waals surface area contributed by atoms with Gasteiger partial charge < -0.3 is 0 Å². The van der Waals surface area contributed by atoms with E-state index in [4.69, 9.17) is 13.6 Å². The minimum atomic E-state index is -2.34. The van der Waals surface area contributed by atoms with Crippen LogP contribution in [-0.2, 0) is 13.6 Å². The third kappa shape index (κ3) is 20.9. The molecule has 3 nitrogen and oxygen atoms in total. The van der Waals surface area contributed by atoms with E-state index >= 15 is 0 Å². The van der Waals surface area contributed by atoms with E-state index in [2.05, 4.69) is 395 Å². The molecule has 6 rings (SSSR count). The Labute approximate surface area is 599 Å². The van der Waals surface area contributed by atoms with Crippen LogP contribution < -0.4 is 0 Å². The molecule has 97 heavy (non-hydrogen) atoms. The first-order chi connectivity index (χ1) is 43.7. The van der Waals surface area contributed by atoms with E-state index < -0.39 is 26.9 Å². The first kappa shape index (κ1) is 81.6. The Hall–Kier alpha value is -4.37. The lowest BCUT2D eigenvalue weighted by Gasteiger charge is -2.42. The van der Waals surface area contributed by atoms with Crippen molar-refractivity contribution in [2.75, 3.05) is 0 Å². The predicted molar refractivity (Wildman–Crippen MR) is 424 cm³/mol. The number of hydrogen-bond donors (Lipinski definition) is 0. The highest BCUT2D eigenvalue weighted by atomic mass is 31.2. The molecular weight excluding hydrogens is 1200 g/mol. The average molecular weight is 1340 g/mol. The van der Waals surface area contributed by atoms with Crippen molar-refractivity contribution in [3.8, 4) is 0 Å². The van der Waals surface area contributed by atoms with Crippen LogP contribution in [0, 0.1) is 65.0 Å². The molecule has 0 saturated heterocycles. The molecule has 0 N–H and O–H groups in total. The van der Waals surface area contributed by atoms with Crippen LogP contribution in [0.1, 0.15) is 370 Å². The summed E-state index contributed by atoms with van der Waals surface area (Å²) >= 11 is 0. The van der Waals surface area contributed by atoms with Crippen molar-refractivity contribution >= 4 is 8.60 Å². The number of benzene rings is 6. The minimum Gasteiger partial charge on any atom is -0.299 e. The van der Waals surface area contributed by atoms with Crippen LogP contribution >= 0.6 is 8.60 Å². The van der Waals surface area contributed by atoms with Gasteiger partial charge in [-0.1, -0.05) is 395 Å². The van der Waals surface area contributed by atoms with Crippen molar-refractivity contribution in [2.45, 2.75) is 303 Å². The van der Waals surface area contributed by atoms with Crippen molar-refractivity contribution in [3.63, 3.8) is 0 Å². The van der Waals surface area contributed by atoms with E-state index in [0.29, 0.717) is 0 Å². The van der Waals surface area contributed by atoms with E-state index in [1.54, 1.807) is 0 Å². The Morgan fingerprint density at radius 2 is 0.278 bits per heavy atom. The quantitative estimate of drug-likeness (QED) is 0.0803. The van der Waals surface area contributed by atoms with Crippen LogP contribution in [0.3, 0.4) is 0 Å². The molecule has 4 heteroatoms. The minimum absolute atomic E-state index is 0.0405. The first-order valence-electron chi connectivity index (χ1n) is 37.1. The van der Waals surface area contributed by atoms with Crippen molar-refractivity contribution < 1.29 is 13.6 Å². The Kier molecular flexibility index (Phi) is 24.5. The third-order valence-corrected chi connectivity index (χ3v) is 21.4. The van der Waals surface area contributed by atoms with Gasteiger partial charge in [0.15, 0.2) is 0 Å². The van der Waals surface area contributed by atoms with Crippen molar-refractivity contribution in [1.82, 2.24) is 0 Å². The average Bonchev–Trinajstić information content (AvgIpc) is 0.789. The molecular formula is C93H141O3P. The van der Waals surface area contributed by atoms with Crippen molar-refractivity contribution in [1.29, 1.82) is 0 Å². The van der Waals surface area contributed by atoms with E-state index in [1.807, 2.05) is 0 Å². The standard InChI is InChI=1S/C93H141O3P/c1-82(2,3)76(83(4,5)6)67-49-37-43-61(55-67)73(62-44-38-50-68(56-62)77(84(7,8)9)85(10,11)12)94-97(95-74(63-45-39-51-69(57-63)78(86(13,14)15)87(16,17)18)64-46-40-52-70(58-64)79(88(19,20)21)89(22,23)24)96-75(65-47-41-53-71(59-65)80(90(25,26)27)91(28,29)30)66-48-42-54-72(60-66)81(92(31,32)33)93(34,35)36/h37-60,73-81H,1-36H3. The molecule has 0 atom stereocenters. The zero-order valence-corrected chi connectivity index (χ0v) is 69.6. The molecule has 0 bridgehead atoms. The first-order valence-corrected chi connectivity index (χ1v) is 38.2. The molecule has 0 unspecified atom stereocenters. The van der Waals surface area contributed by atoms with Gasteiger partial charge in [0.05, 0.1) is 0 Å². The summed E-state index contributed by atoms with van der Waals surface area (Å²) in [5.41, 5.74) is 13.7. The van der Waals surface area contributed by atoms with E-state index in [9.17, 15) is 0 Å². The SMILES string of the molecule is CC(C)(C)C(c1cccc(C(OP(OC(c2cccc(C(C(C)(C)C)C(C)(C)C)c2)c2cccc(C(C(C)(C)C)C(C)(C)C)c2)OC(c2cccc(C(C(C)(C)C)C(C)(C)C)c2)c2cccc(C(C(C)(C)C)C(C)(C)C)c2)c2cccc(C(C(C)(C)C)C(C)(C)C)c2)c1)C(C)(C)C. The Balaban J connectivity index is 1.86. The highest BCUT2D eigenvalue weighted by Gasteiger charge is 2.44. The van der Waals surface area contributed by atoms with Crippen LogP contribution in [0.2, 0.25) is 0 Å². The summed E-state index contributed by atoms with van der Waals surface area (Å²) in [6.45, 7) is 86.3. The molecule has 0 aliphatic rings. The Bertz CT molecular complexity index is 2840. The smallest absolute Gasteiger partial charge is 0.299 e. The van der Waals surface area contributed by atoms with Gasteiger partial charge in [-0.3, -0.25) is 13.6 Å². The van der Waals surface area contributed by atoms with Crippen LogP contribution in [0.25, 0.3) is 0 Å². The third-order valence-electron chi connectivity index (χ3n) is 20.2. The van der Waals surface area contributed by atoms with Crippen molar-refractivity contribution in [2.24, 2.45) is 65.0 Å². The summed E-state index contributed by atoms with van der Waals surface area (Å²) in [4.78, 5) is 0. The maximum Gasteiger partial charge on any atom is 0.335 e. The lowest BCUT2D eigenvalue weighted by molar-refractivity contribution is 0.0948. The van der Waals surface area contributed by atoms with Crippen LogP contribution in [0.4, 0.5) is 0 Å². The lowest BCUT2D eigenvalue weighted by atomic mass is 9.63. The topological polar surface area (TPSA) is 27.7 Å². The number of rotatable bonds is 18. The molecule has 0 aromatic heterocycles. The highest BCUT2D eigenvalue weighted by Crippen LogP contribution is 2.60. The summed E-state index contributed by atoms with van der Waals surface area (Å²) in [6, 6.07) is 56.3. The van der Waals surface area contributed by atoms with Gasteiger partial charge in [-0.05, 0) is 167 Å². The highest BCUT2D eigenvalue weighted by molar-refractivity contribution is 7.41. The van der Waals surface area contributed by atoms with Gasteiger partial charge in [0.1, 0.15) is 18.3 Å². The zero-order chi connectivity index (χ0) is 73.8. The Morgan fingerprint density at radius 1 is 0.175 bits per heavy atom. The molecule has 0 fully saturated rings. The number of hydrogen-bond acceptors (Lipinski definition) is 3. The van der Waals surface area contributed by atoms with Gasteiger partial charge >= 0.3 is 8.60 Å². The fraction of sp³-hybridized carbons (Fsp3) is 0.613. The molecule has 0 aliphatic heterocycles. The van der Waals surface area contributed by atoms with Crippen LogP contribution in [-0.4, -0.2) is 0 Å². The molecule has 0 aliphatic carbocycles. The van der Waals surface area contributed by atoms with E-state index in [0.717, 1.165) is 33.4 Å². The summed E-state index contributed by atoms with van der Waals surface area (Å²) < 4.78 is 25.0.